The zero-order valence-electron chi connectivity index (χ0n) is 15.7. The van der Waals surface area contributed by atoms with Crippen molar-refractivity contribution in [3.8, 4) is 5.75 Å². The predicted octanol–water partition coefficient (Wildman–Crippen LogP) is 4.61. The Labute approximate surface area is 167 Å². The molecule has 0 radical (unpaired) electrons. The Bertz CT molecular complexity index is 1010. The molecule has 1 aromatic heterocycles. The number of amides is 1. The molecule has 7 nitrogen and oxygen atoms in total. The van der Waals surface area contributed by atoms with Gasteiger partial charge in [-0.1, -0.05) is 0 Å². The van der Waals surface area contributed by atoms with Crippen molar-refractivity contribution in [3.05, 3.63) is 99.9 Å². The molecule has 29 heavy (non-hydrogen) atoms. The second-order valence-electron chi connectivity index (χ2n) is 6.30. The first-order valence-corrected chi connectivity index (χ1v) is 8.87. The van der Waals surface area contributed by atoms with E-state index in [9.17, 15) is 14.9 Å². The zero-order valence-corrected chi connectivity index (χ0v) is 15.7. The molecule has 0 spiro atoms. The summed E-state index contributed by atoms with van der Waals surface area (Å²) in [4.78, 5) is 26.6. The minimum absolute atomic E-state index is 0.00972. The maximum atomic E-state index is 12.4. The van der Waals surface area contributed by atoms with Gasteiger partial charge in [-0.25, -0.2) is 0 Å². The summed E-state index contributed by atoms with van der Waals surface area (Å²) in [6, 6.07) is 16.9. The van der Waals surface area contributed by atoms with Crippen LogP contribution in [-0.2, 0) is 11.4 Å². The number of non-ortho nitro benzene ring substituents is 1. The van der Waals surface area contributed by atoms with Gasteiger partial charge in [0, 0.05) is 35.8 Å². The van der Waals surface area contributed by atoms with E-state index in [1.807, 2.05) is 12.1 Å². The molecule has 3 aromatic rings. The van der Waals surface area contributed by atoms with Crippen LogP contribution in [0.1, 0.15) is 18.1 Å². The third-order valence-electron chi connectivity index (χ3n) is 4.11. The van der Waals surface area contributed by atoms with Crippen LogP contribution in [0.4, 0.5) is 11.4 Å². The molecule has 0 unspecified atom stereocenters. The second-order valence-corrected chi connectivity index (χ2v) is 6.30. The van der Waals surface area contributed by atoms with Crippen LogP contribution >= 0.6 is 0 Å². The number of aromatic nitrogens is 1. The van der Waals surface area contributed by atoms with Crippen molar-refractivity contribution in [1.29, 1.82) is 0 Å². The number of carbonyl (C=O) groups is 1. The topological polar surface area (TPSA) is 94.4 Å². The van der Waals surface area contributed by atoms with Crippen molar-refractivity contribution in [2.75, 3.05) is 5.32 Å². The molecule has 0 aliphatic carbocycles. The Morgan fingerprint density at radius 3 is 2.34 bits per heavy atom. The summed E-state index contributed by atoms with van der Waals surface area (Å²) in [7, 11) is 0. The van der Waals surface area contributed by atoms with Crippen molar-refractivity contribution < 1.29 is 14.5 Å². The van der Waals surface area contributed by atoms with Gasteiger partial charge in [0.1, 0.15) is 12.4 Å². The lowest BCUT2D eigenvalue weighted by Crippen LogP contribution is -2.12. The fourth-order valence-electron chi connectivity index (χ4n) is 2.52. The Morgan fingerprint density at radius 1 is 1.07 bits per heavy atom. The summed E-state index contributed by atoms with van der Waals surface area (Å²) >= 11 is 0. The van der Waals surface area contributed by atoms with E-state index in [1.54, 1.807) is 61.8 Å². The first kappa shape index (κ1) is 19.8. The summed E-state index contributed by atoms with van der Waals surface area (Å²) in [5.74, 6) is 0.437. The Kier molecular flexibility index (Phi) is 6.32. The molecular formula is C22H19N3O4. The normalized spacial score (nSPS) is 11.0. The van der Waals surface area contributed by atoms with E-state index < -0.39 is 4.92 Å². The van der Waals surface area contributed by atoms with Gasteiger partial charge >= 0.3 is 0 Å². The number of anilines is 1. The lowest BCUT2D eigenvalue weighted by Gasteiger charge is -2.09. The standard InChI is InChI=1S/C22H19N3O4/c1-16(14-17-2-6-20(7-3-17)25(27)28)22(26)24-19-4-8-21(9-5-19)29-15-18-10-12-23-13-11-18/h2-14H,15H2,1H3,(H,24,26)/b16-14+. The van der Waals surface area contributed by atoms with Gasteiger partial charge in [-0.3, -0.25) is 19.9 Å². The molecule has 0 atom stereocenters. The molecule has 0 aliphatic rings. The summed E-state index contributed by atoms with van der Waals surface area (Å²) < 4.78 is 5.71. The number of nitro benzene ring substituents is 1. The first-order chi connectivity index (χ1) is 14.0. The zero-order chi connectivity index (χ0) is 20.6. The average Bonchev–Trinajstić information content (AvgIpc) is 2.74. The Hall–Kier alpha value is -4.00. The number of ether oxygens (including phenoxy) is 1. The third-order valence-corrected chi connectivity index (χ3v) is 4.11. The van der Waals surface area contributed by atoms with Crippen molar-refractivity contribution in [3.63, 3.8) is 0 Å². The number of hydrogen-bond donors (Lipinski definition) is 1. The van der Waals surface area contributed by atoms with Gasteiger partial charge in [0.15, 0.2) is 0 Å². The number of rotatable bonds is 7. The van der Waals surface area contributed by atoms with E-state index in [2.05, 4.69) is 10.3 Å². The minimum atomic E-state index is -0.461. The average molecular weight is 389 g/mol. The number of carbonyl (C=O) groups excluding carboxylic acids is 1. The van der Waals surface area contributed by atoms with Crippen LogP contribution in [0.3, 0.4) is 0 Å². The van der Waals surface area contributed by atoms with E-state index in [4.69, 9.17) is 4.74 Å². The Morgan fingerprint density at radius 2 is 1.72 bits per heavy atom. The molecule has 0 saturated heterocycles. The molecule has 0 saturated carbocycles. The van der Waals surface area contributed by atoms with Gasteiger partial charge in [0.25, 0.3) is 11.6 Å². The van der Waals surface area contributed by atoms with Crippen molar-refractivity contribution in [2.24, 2.45) is 0 Å². The van der Waals surface area contributed by atoms with Crippen LogP contribution in [0.15, 0.2) is 78.6 Å². The number of pyridine rings is 1. The van der Waals surface area contributed by atoms with E-state index in [0.717, 1.165) is 5.56 Å². The number of nitro groups is 1. The molecule has 1 amide bonds. The van der Waals surface area contributed by atoms with Crippen LogP contribution < -0.4 is 10.1 Å². The highest BCUT2D eigenvalue weighted by Gasteiger charge is 2.07. The number of nitrogens with one attached hydrogen (secondary N) is 1. The van der Waals surface area contributed by atoms with Crippen LogP contribution in [0, 0.1) is 10.1 Å². The van der Waals surface area contributed by atoms with Gasteiger partial charge in [-0.15, -0.1) is 0 Å². The Balaban J connectivity index is 1.57. The lowest BCUT2D eigenvalue weighted by molar-refractivity contribution is -0.384. The summed E-state index contributed by atoms with van der Waals surface area (Å²) in [6.07, 6.45) is 5.10. The van der Waals surface area contributed by atoms with E-state index >= 15 is 0 Å². The first-order valence-electron chi connectivity index (χ1n) is 8.87. The van der Waals surface area contributed by atoms with Gasteiger partial charge in [-0.05, 0) is 72.7 Å². The monoisotopic (exact) mass is 389 g/mol. The second kappa shape index (κ2) is 9.27. The maximum Gasteiger partial charge on any atom is 0.269 e. The highest BCUT2D eigenvalue weighted by Crippen LogP contribution is 2.19. The van der Waals surface area contributed by atoms with E-state index in [1.165, 1.54) is 12.1 Å². The van der Waals surface area contributed by atoms with Crippen molar-refractivity contribution >= 4 is 23.4 Å². The number of nitrogens with zero attached hydrogens (tertiary/aromatic N) is 2. The number of hydrogen-bond acceptors (Lipinski definition) is 5. The maximum absolute atomic E-state index is 12.4. The fraction of sp³-hybridized carbons (Fsp3) is 0.0909. The number of benzene rings is 2. The minimum Gasteiger partial charge on any atom is -0.489 e. The van der Waals surface area contributed by atoms with E-state index in [0.29, 0.717) is 29.2 Å². The summed E-state index contributed by atoms with van der Waals surface area (Å²) in [6.45, 7) is 2.12. The highest BCUT2D eigenvalue weighted by molar-refractivity contribution is 6.06. The molecule has 3 rings (SSSR count). The molecule has 146 valence electrons. The SMILES string of the molecule is C/C(=C\c1ccc([N+](=O)[O-])cc1)C(=O)Nc1ccc(OCc2ccncc2)cc1. The fourth-order valence-corrected chi connectivity index (χ4v) is 2.52. The summed E-state index contributed by atoms with van der Waals surface area (Å²) in [5, 5.41) is 13.5. The van der Waals surface area contributed by atoms with E-state index in [-0.39, 0.29) is 11.6 Å². The molecule has 0 bridgehead atoms. The van der Waals surface area contributed by atoms with Crippen LogP contribution in [0.5, 0.6) is 5.75 Å². The quantitative estimate of drug-likeness (QED) is 0.362. The van der Waals surface area contributed by atoms with Crippen LogP contribution in [0.25, 0.3) is 6.08 Å². The predicted molar refractivity (Wildman–Crippen MR) is 110 cm³/mol. The molecule has 7 heteroatoms. The molecule has 2 aromatic carbocycles. The molecule has 0 aliphatic heterocycles. The molecule has 1 N–H and O–H groups in total. The molecular weight excluding hydrogens is 370 g/mol. The largest absolute Gasteiger partial charge is 0.489 e. The summed E-state index contributed by atoms with van der Waals surface area (Å²) in [5.41, 5.74) is 2.86. The van der Waals surface area contributed by atoms with Gasteiger partial charge < -0.3 is 10.1 Å². The van der Waals surface area contributed by atoms with Crippen molar-refractivity contribution in [2.45, 2.75) is 13.5 Å². The van der Waals surface area contributed by atoms with Crippen LogP contribution in [0.2, 0.25) is 0 Å². The van der Waals surface area contributed by atoms with Gasteiger partial charge in [-0.2, -0.15) is 0 Å². The highest BCUT2D eigenvalue weighted by atomic mass is 16.6. The smallest absolute Gasteiger partial charge is 0.269 e. The molecule has 1 heterocycles. The van der Waals surface area contributed by atoms with Gasteiger partial charge in [0.2, 0.25) is 0 Å². The van der Waals surface area contributed by atoms with Crippen LogP contribution in [-0.4, -0.2) is 15.8 Å². The molecule has 0 fully saturated rings. The lowest BCUT2D eigenvalue weighted by atomic mass is 10.1. The van der Waals surface area contributed by atoms with Gasteiger partial charge in [0.05, 0.1) is 4.92 Å². The third kappa shape index (κ3) is 5.74. The van der Waals surface area contributed by atoms with Crippen molar-refractivity contribution in [1.82, 2.24) is 4.98 Å².